The molecule has 0 radical (unpaired) electrons. The predicted molar refractivity (Wildman–Crippen MR) is 53.2 cm³/mol. The SMILES string of the molecule is CC.CC(C)C(=O)C1CCCC1. The molecule has 0 amide bonds. The first-order chi connectivity index (χ1) is 5.72. The third kappa shape index (κ3) is 3.38. The van der Waals surface area contributed by atoms with Crippen LogP contribution in [-0.4, -0.2) is 5.78 Å². The number of ketones is 1. The van der Waals surface area contributed by atoms with E-state index in [1.165, 1.54) is 12.8 Å². The molecule has 72 valence electrons. The van der Waals surface area contributed by atoms with Crippen LogP contribution in [0.1, 0.15) is 53.4 Å². The van der Waals surface area contributed by atoms with Crippen LogP contribution < -0.4 is 0 Å². The number of rotatable bonds is 2. The summed E-state index contributed by atoms with van der Waals surface area (Å²) in [6.45, 7) is 8.00. The van der Waals surface area contributed by atoms with Gasteiger partial charge in [-0.15, -0.1) is 0 Å². The van der Waals surface area contributed by atoms with Crippen molar-refractivity contribution in [2.24, 2.45) is 11.8 Å². The van der Waals surface area contributed by atoms with Crippen LogP contribution in [0, 0.1) is 11.8 Å². The van der Waals surface area contributed by atoms with E-state index in [4.69, 9.17) is 0 Å². The molecule has 1 rings (SSSR count). The minimum atomic E-state index is 0.253. The lowest BCUT2D eigenvalue weighted by Crippen LogP contribution is -2.16. The fourth-order valence-electron chi connectivity index (χ4n) is 1.68. The number of carbonyl (C=O) groups excluding carboxylic acids is 1. The molecule has 1 fully saturated rings. The molecule has 0 saturated heterocycles. The molecule has 0 spiro atoms. The van der Waals surface area contributed by atoms with Gasteiger partial charge in [-0.25, -0.2) is 0 Å². The van der Waals surface area contributed by atoms with Gasteiger partial charge in [-0.2, -0.15) is 0 Å². The second-order valence-electron chi connectivity index (χ2n) is 3.54. The summed E-state index contributed by atoms with van der Waals surface area (Å²) in [6, 6.07) is 0. The average Bonchev–Trinajstić information content (AvgIpc) is 2.58. The van der Waals surface area contributed by atoms with E-state index in [-0.39, 0.29) is 5.92 Å². The second kappa shape index (κ2) is 6.22. The molecule has 0 unspecified atom stereocenters. The van der Waals surface area contributed by atoms with Crippen molar-refractivity contribution in [1.29, 1.82) is 0 Å². The normalized spacial score (nSPS) is 17.4. The zero-order valence-corrected chi connectivity index (χ0v) is 8.89. The van der Waals surface area contributed by atoms with Crippen LogP contribution in [0.25, 0.3) is 0 Å². The molecule has 0 aliphatic heterocycles. The first-order valence-electron chi connectivity index (χ1n) is 5.25. The van der Waals surface area contributed by atoms with Crippen molar-refractivity contribution in [2.75, 3.05) is 0 Å². The fraction of sp³-hybridized carbons (Fsp3) is 0.909. The van der Waals surface area contributed by atoms with Crippen LogP contribution in [-0.2, 0) is 4.79 Å². The van der Waals surface area contributed by atoms with Crippen LogP contribution in [0.2, 0.25) is 0 Å². The highest BCUT2D eigenvalue weighted by atomic mass is 16.1. The van der Waals surface area contributed by atoms with E-state index < -0.39 is 0 Å². The van der Waals surface area contributed by atoms with E-state index in [9.17, 15) is 4.79 Å². The van der Waals surface area contributed by atoms with Gasteiger partial charge in [0.1, 0.15) is 5.78 Å². The Hall–Kier alpha value is -0.330. The zero-order chi connectivity index (χ0) is 9.56. The van der Waals surface area contributed by atoms with Crippen molar-refractivity contribution >= 4 is 5.78 Å². The second-order valence-corrected chi connectivity index (χ2v) is 3.54. The van der Waals surface area contributed by atoms with Gasteiger partial charge >= 0.3 is 0 Å². The van der Waals surface area contributed by atoms with Crippen molar-refractivity contribution in [3.63, 3.8) is 0 Å². The number of Topliss-reactive ketones (excluding diaryl/α,β-unsaturated/α-hetero) is 1. The van der Waals surface area contributed by atoms with Crippen molar-refractivity contribution in [3.8, 4) is 0 Å². The molecule has 1 aliphatic carbocycles. The van der Waals surface area contributed by atoms with Crippen molar-refractivity contribution < 1.29 is 4.79 Å². The van der Waals surface area contributed by atoms with E-state index in [0.29, 0.717) is 11.7 Å². The minimum Gasteiger partial charge on any atom is -0.299 e. The summed E-state index contributed by atoms with van der Waals surface area (Å²) in [5.74, 6) is 1.15. The highest BCUT2D eigenvalue weighted by molar-refractivity contribution is 5.82. The Morgan fingerprint density at radius 3 is 1.92 bits per heavy atom. The minimum absolute atomic E-state index is 0.253. The number of hydrogen-bond donors (Lipinski definition) is 0. The van der Waals surface area contributed by atoms with Gasteiger partial charge in [0, 0.05) is 11.8 Å². The van der Waals surface area contributed by atoms with E-state index in [1.807, 2.05) is 27.7 Å². The van der Waals surface area contributed by atoms with Gasteiger partial charge < -0.3 is 0 Å². The van der Waals surface area contributed by atoms with Gasteiger partial charge in [-0.05, 0) is 12.8 Å². The molecule has 1 aliphatic rings. The van der Waals surface area contributed by atoms with Crippen molar-refractivity contribution in [1.82, 2.24) is 0 Å². The lowest BCUT2D eigenvalue weighted by atomic mass is 9.94. The molecule has 1 saturated carbocycles. The molecule has 0 aromatic carbocycles. The number of hydrogen-bond acceptors (Lipinski definition) is 1. The summed E-state index contributed by atoms with van der Waals surface area (Å²) in [5.41, 5.74) is 0. The molecule has 1 heteroatoms. The topological polar surface area (TPSA) is 17.1 Å². The van der Waals surface area contributed by atoms with E-state index in [0.717, 1.165) is 12.8 Å². The summed E-state index contributed by atoms with van der Waals surface area (Å²) in [7, 11) is 0. The van der Waals surface area contributed by atoms with Crippen LogP contribution in [0.15, 0.2) is 0 Å². The van der Waals surface area contributed by atoms with Crippen LogP contribution in [0.5, 0.6) is 0 Å². The van der Waals surface area contributed by atoms with Gasteiger partial charge in [-0.3, -0.25) is 4.79 Å². The van der Waals surface area contributed by atoms with Gasteiger partial charge in [0.2, 0.25) is 0 Å². The first-order valence-corrected chi connectivity index (χ1v) is 5.25. The molecule has 12 heavy (non-hydrogen) atoms. The molecule has 0 heterocycles. The molecule has 1 nitrogen and oxygen atoms in total. The Labute approximate surface area is 76.6 Å². The molecule has 0 bridgehead atoms. The molecule has 0 N–H and O–H groups in total. The maximum absolute atomic E-state index is 11.3. The molecule has 0 aromatic heterocycles. The Bertz CT molecular complexity index is 121. The summed E-state index contributed by atoms with van der Waals surface area (Å²) < 4.78 is 0. The van der Waals surface area contributed by atoms with Gasteiger partial charge in [0.15, 0.2) is 0 Å². The lowest BCUT2D eigenvalue weighted by Gasteiger charge is -2.09. The number of carbonyl (C=O) groups is 1. The maximum atomic E-state index is 11.3. The van der Waals surface area contributed by atoms with Crippen LogP contribution >= 0.6 is 0 Å². The summed E-state index contributed by atoms with van der Waals surface area (Å²) in [4.78, 5) is 11.3. The van der Waals surface area contributed by atoms with Crippen LogP contribution in [0.3, 0.4) is 0 Å². The van der Waals surface area contributed by atoms with E-state index in [2.05, 4.69) is 0 Å². The molecule has 0 aromatic rings. The van der Waals surface area contributed by atoms with Crippen LogP contribution in [0.4, 0.5) is 0 Å². The van der Waals surface area contributed by atoms with E-state index in [1.54, 1.807) is 0 Å². The standard InChI is InChI=1S/C9H16O.C2H6/c1-7(2)9(10)8-5-3-4-6-8;1-2/h7-8H,3-6H2,1-2H3;1-2H3. The zero-order valence-electron chi connectivity index (χ0n) is 8.89. The largest absolute Gasteiger partial charge is 0.299 e. The fourth-order valence-corrected chi connectivity index (χ4v) is 1.68. The Morgan fingerprint density at radius 1 is 1.17 bits per heavy atom. The molecular weight excluding hydrogens is 148 g/mol. The lowest BCUT2D eigenvalue weighted by molar-refractivity contribution is -0.125. The van der Waals surface area contributed by atoms with E-state index >= 15 is 0 Å². The molecule has 0 atom stereocenters. The Morgan fingerprint density at radius 2 is 1.58 bits per heavy atom. The van der Waals surface area contributed by atoms with Gasteiger partial charge in [0.05, 0.1) is 0 Å². The predicted octanol–water partition coefficient (Wildman–Crippen LogP) is 3.43. The highest BCUT2D eigenvalue weighted by Gasteiger charge is 2.23. The van der Waals surface area contributed by atoms with Crippen molar-refractivity contribution in [2.45, 2.75) is 53.4 Å². The molecular formula is C11H22O. The third-order valence-corrected chi connectivity index (χ3v) is 2.33. The first kappa shape index (κ1) is 11.7. The summed E-state index contributed by atoms with van der Waals surface area (Å²) in [6.07, 6.45) is 4.83. The Balaban J connectivity index is 0.000000561. The van der Waals surface area contributed by atoms with Gasteiger partial charge in [-0.1, -0.05) is 40.5 Å². The van der Waals surface area contributed by atoms with Gasteiger partial charge in [0.25, 0.3) is 0 Å². The smallest absolute Gasteiger partial charge is 0.138 e. The average molecular weight is 170 g/mol. The van der Waals surface area contributed by atoms with Crippen molar-refractivity contribution in [3.05, 3.63) is 0 Å². The monoisotopic (exact) mass is 170 g/mol. The Kier molecular flexibility index (Phi) is 6.04. The summed E-state index contributed by atoms with van der Waals surface area (Å²) >= 11 is 0. The maximum Gasteiger partial charge on any atom is 0.138 e. The quantitative estimate of drug-likeness (QED) is 0.620. The summed E-state index contributed by atoms with van der Waals surface area (Å²) in [5, 5.41) is 0. The third-order valence-electron chi connectivity index (χ3n) is 2.33. The highest BCUT2D eigenvalue weighted by Crippen LogP contribution is 2.27.